The van der Waals surface area contributed by atoms with Crippen LogP contribution in [0.1, 0.15) is 277 Å². The third kappa shape index (κ3) is 49.3. The fourth-order valence-electron chi connectivity index (χ4n) is 7.72. The van der Waals surface area contributed by atoms with Crippen molar-refractivity contribution in [3.63, 3.8) is 0 Å². The summed E-state index contributed by atoms with van der Waals surface area (Å²) >= 11 is 0. The minimum absolute atomic E-state index is 0.212. The number of hydrogen-bond acceptors (Lipinski definition) is 6. The van der Waals surface area contributed by atoms with Crippen LogP contribution in [0.2, 0.25) is 0 Å². The zero-order chi connectivity index (χ0) is 43.2. The Morgan fingerprint density at radius 2 is 0.712 bits per heavy atom. The number of phosphoric ester groups is 1. The molecule has 0 rings (SSSR count). The van der Waals surface area contributed by atoms with Crippen LogP contribution in [0, 0.1) is 0 Å². The summed E-state index contributed by atoms with van der Waals surface area (Å²) < 4.78 is 26.5. The first-order valence-electron chi connectivity index (χ1n) is 25.5. The van der Waals surface area contributed by atoms with Crippen molar-refractivity contribution in [3.05, 3.63) is 12.2 Å². The lowest BCUT2D eigenvalue weighted by Crippen LogP contribution is -2.29. The Kier molecular flexibility index (Phi) is 45.3. The van der Waals surface area contributed by atoms with Gasteiger partial charge in [-0.15, -0.1) is 0 Å². The van der Waals surface area contributed by atoms with Gasteiger partial charge in [0.15, 0.2) is 6.10 Å². The first-order valence-corrected chi connectivity index (χ1v) is 27.0. The van der Waals surface area contributed by atoms with E-state index < -0.39 is 32.5 Å². The van der Waals surface area contributed by atoms with E-state index in [9.17, 15) is 14.2 Å². The summed E-state index contributed by atoms with van der Waals surface area (Å²) in [7, 11) is -4.76. The molecule has 0 aliphatic rings. The average Bonchev–Trinajstić information content (AvgIpc) is 3.21. The van der Waals surface area contributed by atoms with E-state index in [1.165, 1.54) is 199 Å². The summed E-state index contributed by atoms with van der Waals surface area (Å²) in [6, 6.07) is 0. The summed E-state index contributed by atoms with van der Waals surface area (Å²) in [5.41, 5.74) is 0. The fourth-order valence-corrected chi connectivity index (χ4v) is 8.09. The second kappa shape index (κ2) is 46.3. The number of carbonyl (C=O) groups excluding carboxylic acids is 2. The Morgan fingerprint density at radius 3 is 1.03 bits per heavy atom. The standard InChI is InChI=1S/C50H97O8P/c1-3-5-7-9-11-13-15-17-19-21-23-24-25-26-27-29-30-32-34-36-38-40-42-44-49(51)56-46-48(47-57-59(53,54)55)58-50(52)45-43-41-39-37-35-33-31-28-22-20-18-16-14-12-10-8-6-4-2/h20,22,48H,3-19,21,23-47H2,1-2H3,(H2,53,54,55)/b22-20-. The van der Waals surface area contributed by atoms with Gasteiger partial charge in [-0.2, -0.15) is 0 Å². The minimum atomic E-state index is -4.76. The predicted molar refractivity (Wildman–Crippen MR) is 249 cm³/mol. The molecule has 1 atom stereocenters. The van der Waals surface area contributed by atoms with Crippen LogP contribution in [-0.4, -0.2) is 41.0 Å². The zero-order valence-electron chi connectivity index (χ0n) is 38.9. The molecule has 0 aromatic rings. The fraction of sp³-hybridized carbons (Fsp3) is 0.920. The van der Waals surface area contributed by atoms with Gasteiger partial charge in [0, 0.05) is 12.8 Å². The number of esters is 2. The third-order valence-corrected chi connectivity index (χ3v) is 12.0. The molecule has 0 saturated carbocycles. The molecular weight excluding hydrogens is 760 g/mol. The Hall–Kier alpha value is -1.21. The van der Waals surface area contributed by atoms with E-state index in [-0.39, 0.29) is 19.4 Å². The van der Waals surface area contributed by atoms with E-state index in [1.807, 2.05) is 0 Å². The maximum atomic E-state index is 12.5. The molecule has 0 saturated heterocycles. The summed E-state index contributed by atoms with van der Waals surface area (Å²) in [5, 5.41) is 0. The number of allylic oxidation sites excluding steroid dienone is 2. The van der Waals surface area contributed by atoms with Gasteiger partial charge in [0.2, 0.25) is 0 Å². The molecule has 59 heavy (non-hydrogen) atoms. The Balaban J connectivity index is 3.77. The van der Waals surface area contributed by atoms with Crippen molar-refractivity contribution in [2.24, 2.45) is 0 Å². The van der Waals surface area contributed by atoms with Gasteiger partial charge in [-0.05, 0) is 38.5 Å². The van der Waals surface area contributed by atoms with Crippen LogP contribution >= 0.6 is 7.82 Å². The van der Waals surface area contributed by atoms with Crippen molar-refractivity contribution >= 4 is 19.8 Å². The molecule has 9 heteroatoms. The van der Waals surface area contributed by atoms with Gasteiger partial charge in [-0.3, -0.25) is 14.1 Å². The lowest BCUT2D eigenvalue weighted by atomic mass is 10.0. The summed E-state index contributed by atoms with van der Waals surface area (Å²) in [6.45, 7) is 3.73. The first kappa shape index (κ1) is 57.8. The molecule has 0 bridgehead atoms. The zero-order valence-corrected chi connectivity index (χ0v) is 39.8. The maximum Gasteiger partial charge on any atom is 0.469 e. The number of rotatable bonds is 48. The van der Waals surface area contributed by atoms with E-state index in [0.717, 1.165) is 44.9 Å². The van der Waals surface area contributed by atoms with Crippen LogP contribution in [0.25, 0.3) is 0 Å². The molecule has 8 nitrogen and oxygen atoms in total. The van der Waals surface area contributed by atoms with Crippen LogP contribution < -0.4 is 0 Å². The Labute approximate surface area is 365 Å². The molecule has 2 N–H and O–H groups in total. The van der Waals surface area contributed by atoms with Gasteiger partial charge in [0.25, 0.3) is 0 Å². The molecule has 0 aromatic heterocycles. The molecule has 0 aliphatic heterocycles. The molecule has 350 valence electrons. The second-order valence-corrected chi connectivity index (χ2v) is 18.7. The molecule has 0 amide bonds. The Morgan fingerprint density at radius 1 is 0.424 bits per heavy atom. The number of ether oxygens (including phenoxy) is 2. The highest BCUT2D eigenvalue weighted by molar-refractivity contribution is 7.46. The van der Waals surface area contributed by atoms with Gasteiger partial charge < -0.3 is 19.3 Å². The van der Waals surface area contributed by atoms with Crippen molar-refractivity contribution in [1.82, 2.24) is 0 Å². The molecule has 0 radical (unpaired) electrons. The van der Waals surface area contributed by atoms with Crippen LogP contribution in [0.3, 0.4) is 0 Å². The smallest absolute Gasteiger partial charge is 0.462 e. The van der Waals surface area contributed by atoms with Crippen molar-refractivity contribution < 1.29 is 37.9 Å². The molecule has 0 aliphatic carbocycles. The van der Waals surface area contributed by atoms with Gasteiger partial charge >= 0.3 is 19.8 Å². The number of unbranched alkanes of at least 4 members (excludes halogenated alkanes) is 36. The SMILES string of the molecule is CCCCCCCCC/C=C\CCCCCCCCCC(=O)OC(COC(=O)CCCCCCCCCCCCCCCCCCCCCCCCC)COP(=O)(O)O. The average molecular weight is 857 g/mol. The lowest BCUT2D eigenvalue weighted by molar-refractivity contribution is -0.161. The number of phosphoric acid groups is 1. The highest BCUT2D eigenvalue weighted by Gasteiger charge is 2.23. The number of hydrogen-bond donors (Lipinski definition) is 2. The van der Waals surface area contributed by atoms with Gasteiger partial charge in [0.1, 0.15) is 6.61 Å². The summed E-state index contributed by atoms with van der Waals surface area (Å²) in [5.74, 6) is -0.872. The first-order chi connectivity index (χ1) is 28.8. The van der Waals surface area contributed by atoms with Crippen LogP contribution in [0.4, 0.5) is 0 Å². The quantitative estimate of drug-likeness (QED) is 0.0269. The highest BCUT2D eigenvalue weighted by atomic mass is 31.2. The van der Waals surface area contributed by atoms with Gasteiger partial charge in [0.05, 0.1) is 6.61 Å². The second-order valence-electron chi connectivity index (χ2n) is 17.5. The van der Waals surface area contributed by atoms with Crippen molar-refractivity contribution in [3.8, 4) is 0 Å². The third-order valence-electron chi connectivity index (χ3n) is 11.5. The van der Waals surface area contributed by atoms with Gasteiger partial charge in [-0.25, -0.2) is 4.57 Å². The summed E-state index contributed by atoms with van der Waals surface area (Å²) in [6.07, 6.45) is 53.8. The van der Waals surface area contributed by atoms with Crippen molar-refractivity contribution in [2.75, 3.05) is 13.2 Å². The van der Waals surface area contributed by atoms with E-state index in [1.54, 1.807) is 0 Å². The van der Waals surface area contributed by atoms with E-state index >= 15 is 0 Å². The topological polar surface area (TPSA) is 119 Å². The predicted octanol–water partition coefficient (Wildman–Crippen LogP) is 16.1. The van der Waals surface area contributed by atoms with Crippen molar-refractivity contribution in [2.45, 2.75) is 283 Å². The Bertz CT molecular complexity index is 967. The molecule has 0 heterocycles. The van der Waals surface area contributed by atoms with Crippen LogP contribution in [0.5, 0.6) is 0 Å². The monoisotopic (exact) mass is 857 g/mol. The minimum Gasteiger partial charge on any atom is -0.462 e. The number of carbonyl (C=O) groups is 2. The van der Waals surface area contributed by atoms with E-state index in [2.05, 4.69) is 30.5 Å². The van der Waals surface area contributed by atoms with E-state index in [0.29, 0.717) is 6.42 Å². The van der Waals surface area contributed by atoms with Crippen LogP contribution in [-0.2, 0) is 28.2 Å². The molecule has 0 aromatic carbocycles. The molecule has 0 spiro atoms. The van der Waals surface area contributed by atoms with E-state index in [4.69, 9.17) is 19.3 Å². The summed E-state index contributed by atoms with van der Waals surface area (Å²) in [4.78, 5) is 43.1. The molecular formula is C50H97O8P. The molecule has 0 fully saturated rings. The maximum absolute atomic E-state index is 12.5. The normalized spacial score (nSPS) is 12.4. The lowest BCUT2D eigenvalue weighted by Gasteiger charge is -2.18. The largest absolute Gasteiger partial charge is 0.469 e. The van der Waals surface area contributed by atoms with Gasteiger partial charge in [-0.1, -0.05) is 238 Å². The van der Waals surface area contributed by atoms with Crippen LogP contribution in [0.15, 0.2) is 12.2 Å². The molecule has 1 unspecified atom stereocenters. The van der Waals surface area contributed by atoms with Crippen molar-refractivity contribution in [1.29, 1.82) is 0 Å². The highest BCUT2D eigenvalue weighted by Crippen LogP contribution is 2.36.